The third-order valence-electron chi connectivity index (χ3n) is 5.77. The molecule has 1 aliphatic rings. The number of hydrogen-bond acceptors (Lipinski definition) is 4. The number of likely N-dealkylation sites (N-methyl/N-ethyl adjacent to an activating group) is 1. The molecule has 1 saturated heterocycles. The van der Waals surface area contributed by atoms with Crippen LogP contribution in [0.5, 0.6) is 5.75 Å². The van der Waals surface area contributed by atoms with Gasteiger partial charge in [0.1, 0.15) is 5.75 Å². The first-order valence-corrected chi connectivity index (χ1v) is 10.7. The largest absolute Gasteiger partial charge is 0.484 e. The number of hydrogen-bond donors (Lipinski definition) is 1. The number of carbonyl (C=O) groups is 1. The van der Waals surface area contributed by atoms with Gasteiger partial charge < -0.3 is 19.9 Å². The highest BCUT2D eigenvalue weighted by atomic mass is 16.5. The summed E-state index contributed by atoms with van der Waals surface area (Å²) in [6.45, 7) is 12.0. The lowest BCUT2D eigenvalue weighted by Crippen LogP contribution is -2.46. The monoisotopic (exact) mass is 395 g/mol. The molecule has 1 atom stereocenters. The van der Waals surface area contributed by atoms with Crippen LogP contribution < -0.4 is 15.0 Å². The molecule has 0 aromatic heterocycles. The van der Waals surface area contributed by atoms with Gasteiger partial charge in [-0.05, 0) is 60.8 Å². The Morgan fingerprint density at radius 3 is 2.24 bits per heavy atom. The van der Waals surface area contributed by atoms with E-state index < -0.39 is 0 Å². The van der Waals surface area contributed by atoms with Gasteiger partial charge >= 0.3 is 0 Å². The van der Waals surface area contributed by atoms with Gasteiger partial charge in [-0.1, -0.05) is 32.9 Å². The molecular formula is C24H33N3O2. The van der Waals surface area contributed by atoms with E-state index in [1.807, 2.05) is 24.3 Å². The summed E-state index contributed by atoms with van der Waals surface area (Å²) in [5.41, 5.74) is 3.29. The maximum Gasteiger partial charge on any atom is 0.262 e. The Morgan fingerprint density at radius 2 is 1.66 bits per heavy atom. The fourth-order valence-corrected chi connectivity index (χ4v) is 3.55. The zero-order valence-corrected chi connectivity index (χ0v) is 17.9. The number of nitrogens with zero attached hydrogens (tertiary/aromatic N) is 2. The highest BCUT2D eigenvalue weighted by molar-refractivity contribution is 5.92. The molecule has 29 heavy (non-hydrogen) atoms. The number of benzene rings is 2. The van der Waals surface area contributed by atoms with Gasteiger partial charge in [0.15, 0.2) is 6.61 Å². The number of amides is 1. The standard InChI is InChI=1S/C24H33N3O2/c1-4-19(3)20-6-12-23(13-7-20)29-18-24(28)25-21-8-10-22(11-9-21)27-16-14-26(5-2)15-17-27/h6-13,19H,4-5,14-18H2,1-3H3,(H,25,28)/t19-/m0/s1. The summed E-state index contributed by atoms with van der Waals surface area (Å²) in [6.07, 6.45) is 1.11. The maximum atomic E-state index is 12.2. The van der Waals surface area contributed by atoms with Gasteiger partial charge in [0.25, 0.3) is 5.91 Å². The van der Waals surface area contributed by atoms with Gasteiger partial charge in [-0.15, -0.1) is 0 Å². The van der Waals surface area contributed by atoms with Crippen LogP contribution in [0.4, 0.5) is 11.4 Å². The summed E-state index contributed by atoms with van der Waals surface area (Å²) in [4.78, 5) is 17.1. The molecule has 156 valence electrons. The Bertz CT molecular complexity index is 766. The van der Waals surface area contributed by atoms with Crippen molar-refractivity contribution < 1.29 is 9.53 Å². The predicted molar refractivity (Wildman–Crippen MR) is 120 cm³/mol. The third kappa shape index (κ3) is 5.97. The molecule has 5 nitrogen and oxygen atoms in total. The van der Waals surface area contributed by atoms with Crippen molar-refractivity contribution in [2.45, 2.75) is 33.1 Å². The maximum absolute atomic E-state index is 12.2. The van der Waals surface area contributed by atoms with E-state index in [1.54, 1.807) is 0 Å². The summed E-state index contributed by atoms with van der Waals surface area (Å²) in [7, 11) is 0. The van der Waals surface area contributed by atoms with Gasteiger partial charge in [0.05, 0.1) is 0 Å². The first-order valence-electron chi connectivity index (χ1n) is 10.7. The van der Waals surface area contributed by atoms with E-state index in [0.717, 1.165) is 44.8 Å². The highest BCUT2D eigenvalue weighted by Crippen LogP contribution is 2.22. The number of rotatable bonds is 8. The lowest BCUT2D eigenvalue weighted by atomic mass is 9.99. The SMILES string of the molecule is CC[C@H](C)c1ccc(OCC(=O)Nc2ccc(N3CCN(CC)CC3)cc2)cc1. The van der Waals surface area contributed by atoms with E-state index in [-0.39, 0.29) is 12.5 Å². The Hall–Kier alpha value is -2.53. The summed E-state index contributed by atoms with van der Waals surface area (Å²) in [5, 5.41) is 2.91. The van der Waals surface area contributed by atoms with E-state index in [2.05, 4.69) is 60.2 Å². The van der Waals surface area contributed by atoms with Crippen molar-refractivity contribution in [2.24, 2.45) is 0 Å². The van der Waals surface area contributed by atoms with Crippen molar-refractivity contribution in [3.05, 3.63) is 54.1 Å². The summed E-state index contributed by atoms with van der Waals surface area (Å²) < 4.78 is 5.62. The molecule has 0 unspecified atom stereocenters. The smallest absolute Gasteiger partial charge is 0.262 e. The number of nitrogens with one attached hydrogen (secondary N) is 1. The van der Waals surface area contributed by atoms with Gasteiger partial charge in [-0.25, -0.2) is 0 Å². The average Bonchev–Trinajstić information content (AvgIpc) is 2.78. The molecule has 1 heterocycles. The average molecular weight is 396 g/mol. The molecule has 1 N–H and O–H groups in total. The van der Waals surface area contributed by atoms with Gasteiger partial charge in [-0.3, -0.25) is 4.79 Å². The highest BCUT2D eigenvalue weighted by Gasteiger charge is 2.15. The fraction of sp³-hybridized carbons (Fsp3) is 0.458. The normalized spacial score (nSPS) is 15.8. The molecule has 5 heteroatoms. The lowest BCUT2D eigenvalue weighted by Gasteiger charge is -2.35. The van der Waals surface area contributed by atoms with Crippen molar-refractivity contribution in [1.82, 2.24) is 4.90 Å². The second-order valence-corrected chi connectivity index (χ2v) is 7.68. The van der Waals surface area contributed by atoms with Gasteiger partial charge in [0.2, 0.25) is 0 Å². The molecule has 0 spiro atoms. The molecule has 2 aromatic rings. The van der Waals surface area contributed by atoms with Crippen LogP contribution in [0, 0.1) is 0 Å². The molecule has 3 rings (SSSR count). The minimum Gasteiger partial charge on any atom is -0.484 e. The lowest BCUT2D eigenvalue weighted by molar-refractivity contribution is -0.118. The van der Waals surface area contributed by atoms with Crippen LogP contribution in [-0.4, -0.2) is 50.1 Å². The Kier molecular flexibility index (Phi) is 7.53. The molecule has 0 aliphatic carbocycles. The molecule has 0 bridgehead atoms. The second-order valence-electron chi connectivity index (χ2n) is 7.68. The molecular weight excluding hydrogens is 362 g/mol. The molecule has 1 fully saturated rings. The summed E-state index contributed by atoms with van der Waals surface area (Å²) in [6, 6.07) is 16.1. The molecule has 0 radical (unpaired) electrons. The summed E-state index contributed by atoms with van der Waals surface area (Å²) in [5.74, 6) is 1.10. The first kappa shape index (κ1) is 21.2. The number of carbonyl (C=O) groups excluding carboxylic acids is 1. The van der Waals surface area contributed by atoms with Crippen molar-refractivity contribution in [1.29, 1.82) is 0 Å². The molecule has 2 aromatic carbocycles. The third-order valence-corrected chi connectivity index (χ3v) is 5.77. The predicted octanol–water partition coefficient (Wildman–Crippen LogP) is 4.36. The quantitative estimate of drug-likeness (QED) is 0.721. The van der Waals surface area contributed by atoms with E-state index in [4.69, 9.17) is 4.74 Å². The zero-order valence-electron chi connectivity index (χ0n) is 17.9. The summed E-state index contributed by atoms with van der Waals surface area (Å²) >= 11 is 0. The second kappa shape index (κ2) is 10.3. The van der Waals surface area contributed by atoms with Crippen LogP contribution in [0.15, 0.2) is 48.5 Å². The van der Waals surface area contributed by atoms with E-state index in [1.165, 1.54) is 11.3 Å². The number of ether oxygens (including phenoxy) is 1. The van der Waals surface area contributed by atoms with Crippen LogP contribution in [0.3, 0.4) is 0 Å². The van der Waals surface area contributed by atoms with Crippen LogP contribution in [-0.2, 0) is 4.79 Å². The zero-order chi connectivity index (χ0) is 20.6. The molecule has 0 saturated carbocycles. The van der Waals surface area contributed by atoms with Crippen molar-refractivity contribution in [3.63, 3.8) is 0 Å². The first-order chi connectivity index (χ1) is 14.1. The fourth-order valence-electron chi connectivity index (χ4n) is 3.55. The minimum absolute atomic E-state index is 0.00338. The Labute approximate surface area is 174 Å². The van der Waals surface area contributed by atoms with Gasteiger partial charge in [0, 0.05) is 37.6 Å². The number of piperazine rings is 1. The van der Waals surface area contributed by atoms with Crippen molar-refractivity contribution in [3.8, 4) is 5.75 Å². The minimum atomic E-state index is -0.152. The van der Waals surface area contributed by atoms with E-state index >= 15 is 0 Å². The van der Waals surface area contributed by atoms with E-state index in [9.17, 15) is 4.79 Å². The van der Waals surface area contributed by atoms with Crippen LogP contribution in [0.25, 0.3) is 0 Å². The van der Waals surface area contributed by atoms with Crippen LogP contribution >= 0.6 is 0 Å². The molecule has 1 aliphatic heterocycles. The van der Waals surface area contributed by atoms with Crippen LogP contribution in [0.2, 0.25) is 0 Å². The molecule has 1 amide bonds. The van der Waals surface area contributed by atoms with Crippen LogP contribution in [0.1, 0.15) is 38.7 Å². The van der Waals surface area contributed by atoms with Gasteiger partial charge in [-0.2, -0.15) is 0 Å². The van der Waals surface area contributed by atoms with Crippen molar-refractivity contribution >= 4 is 17.3 Å². The topological polar surface area (TPSA) is 44.8 Å². The number of anilines is 2. The Morgan fingerprint density at radius 1 is 1.00 bits per heavy atom. The van der Waals surface area contributed by atoms with E-state index in [0.29, 0.717) is 11.7 Å². The van der Waals surface area contributed by atoms with Crippen molar-refractivity contribution in [2.75, 3.05) is 49.5 Å². The Balaban J connectivity index is 1.46.